The third-order valence-corrected chi connectivity index (χ3v) is 3.42. The van der Waals surface area contributed by atoms with E-state index in [4.69, 9.17) is 5.11 Å². The smallest absolute Gasteiger partial charge is 0.315 e. The molecule has 0 aliphatic carbocycles. The second-order valence-corrected chi connectivity index (χ2v) is 5.36. The number of carbonyl (C=O) groups excluding carboxylic acids is 1. The number of amides is 2. The van der Waals surface area contributed by atoms with Gasteiger partial charge in [0.1, 0.15) is 0 Å². The molecule has 1 unspecified atom stereocenters. The summed E-state index contributed by atoms with van der Waals surface area (Å²) in [5.74, 6) is -0.880. The lowest BCUT2D eigenvalue weighted by Crippen LogP contribution is -2.43. The molecule has 1 aromatic carbocycles. The van der Waals surface area contributed by atoms with Crippen LogP contribution in [0.25, 0.3) is 0 Å². The largest absolute Gasteiger partial charge is 0.481 e. The van der Waals surface area contributed by atoms with Crippen LogP contribution in [0.5, 0.6) is 0 Å². The summed E-state index contributed by atoms with van der Waals surface area (Å²) in [7, 11) is 0. The number of urea groups is 1. The lowest BCUT2D eigenvalue weighted by Gasteiger charge is -2.18. The predicted molar refractivity (Wildman–Crippen MR) is 88.2 cm³/mol. The molecular formula is C17H20N4O3. The van der Waals surface area contributed by atoms with Gasteiger partial charge in [0.2, 0.25) is 0 Å². The van der Waals surface area contributed by atoms with E-state index in [1.165, 1.54) is 0 Å². The molecule has 0 saturated carbocycles. The zero-order valence-electron chi connectivity index (χ0n) is 13.2. The molecule has 0 radical (unpaired) electrons. The molecule has 2 rings (SSSR count). The molecule has 2 aromatic rings. The van der Waals surface area contributed by atoms with Gasteiger partial charge >= 0.3 is 12.0 Å². The van der Waals surface area contributed by atoms with Gasteiger partial charge in [0.15, 0.2) is 0 Å². The van der Waals surface area contributed by atoms with Crippen LogP contribution in [-0.4, -0.2) is 33.3 Å². The molecular weight excluding hydrogens is 308 g/mol. The van der Waals surface area contributed by atoms with E-state index in [0.717, 1.165) is 5.56 Å². The van der Waals surface area contributed by atoms with E-state index >= 15 is 0 Å². The number of hydrogen-bond acceptors (Lipinski definition) is 4. The number of nitrogens with zero attached hydrogens (tertiary/aromatic N) is 2. The Labute approximate surface area is 140 Å². The molecule has 2 amide bonds. The van der Waals surface area contributed by atoms with Gasteiger partial charge in [-0.1, -0.05) is 30.3 Å². The Morgan fingerprint density at radius 3 is 2.58 bits per heavy atom. The molecule has 126 valence electrons. The SMILES string of the molecule is O=C(O)CCC(Cc1ccccc1)NC(=O)NCc1cccnn1. The summed E-state index contributed by atoms with van der Waals surface area (Å²) in [6.45, 7) is 0.261. The Balaban J connectivity index is 1.88. The van der Waals surface area contributed by atoms with Crippen LogP contribution in [0.4, 0.5) is 4.79 Å². The van der Waals surface area contributed by atoms with Gasteiger partial charge in [-0.15, -0.1) is 0 Å². The normalized spacial score (nSPS) is 11.5. The number of nitrogens with one attached hydrogen (secondary N) is 2. The standard InChI is InChI=1S/C17H20N4O3/c22-16(23)9-8-14(11-13-5-2-1-3-6-13)20-17(24)18-12-15-7-4-10-19-21-15/h1-7,10,14H,8-9,11-12H2,(H,22,23)(H2,18,20,24). The second-order valence-electron chi connectivity index (χ2n) is 5.36. The Morgan fingerprint density at radius 1 is 1.12 bits per heavy atom. The highest BCUT2D eigenvalue weighted by Crippen LogP contribution is 2.08. The Morgan fingerprint density at radius 2 is 1.92 bits per heavy atom. The molecule has 7 nitrogen and oxygen atoms in total. The summed E-state index contributed by atoms with van der Waals surface area (Å²) in [5.41, 5.74) is 1.69. The molecule has 1 aromatic heterocycles. The summed E-state index contributed by atoms with van der Waals surface area (Å²) in [5, 5.41) is 22.0. The van der Waals surface area contributed by atoms with Gasteiger partial charge in [0, 0.05) is 18.7 Å². The van der Waals surface area contributed by atoms with Crippen LogP contribution in [0.3, 0.4) is 0 Å². The topological polar surface area (TPSA) is 104 Å². The van der Waals surface area contributed by atoms with Crippen LogP contribution >= 0.6 is 0 Å². The van der Waals surface area contributed by atoms with Gasteiger partial charge in [-0.25, -0.2) is 4.79 Å². The maximum absolute atomic E-state index is 12.0. The van der Waals surface area contributed by atoms with Crippen molar-refractivity contribution in [3.8, 4) is 0 Å². The van der Waals surface area contributed by atoms with Crippen molar-refractivity contribution in [2.75, 3.05) is 0 Å². The van der Waals surface area contributed by atoms with Gasteiger partial charge in [0.25, 0.3) is 0 Å². The Bertz CT molecular complexity index is 649. The molecule has 7 heteroatoms. The van der Waals surface area contributed by atoms with Crippen LogP contribution in [0, 0.1) is 0 Å². The minimum absolute atomic E-state index is 0.00193. The maximum atomic E-state index is 12.0. The zero-order valence-corrected chi connectivity index (χ0v) is 13.2. The van der Waals surface area contributed by atoms with E-state index in [1.54, 1.807) is 18.3 Å². The summed E-state index contributed by atoms with van der Waals surface area (Å²) < 4.78 is 0. The van der Waals surface area contributed by atoms with Crippen molar-refractivity contribution < 1.29 is 14.7 Å². The Kier molecular flexibility index (Phi) is 6.70. The first kappa shape index (κ1) is 17.4. The number of aromatic nitrogens is 2. The number of hydrogen-bond donors (Lipinski definition) is 3. The number of carboxylic acids is 1. The minimum atomic E-state index is -0.880. The first-order valence-electron chi connectivity index (χ1n) is 7.70. The monoisotopic (exact) mass is 328 g/mol. The molecule has 0 aliphatic rings. The lowest BCUT2D eigenvalue weighted by atomic mass is 10.0. The maximum Gasteiger partial charge on any atom is 0.315 e. The van der Waals surface area contributed by atoms with Crippen molar-refractivity contribution in [1.29, 1.82) is 0 Å². The predicted octanol–water partition coefficient (Wildman–Crippen LogP) is 1.75. The van der Waals surface area contributed by atoms with Crippen LogP contribution in [0.15, 0.2) is 48.7 Å². The van der Waals surface area contributed by atoms with Crippen LogP contribution in [0.1, 0.15) is 24.1 Å². The average Bonchev–Trinajstić information content (AvgIpc) is 2.60. The van der Waals surface area contributed by atoms with Crippen LogP contribution in [0.2, 0.25) is 0 Å². The molecule has 0 saturated heterocycles. The van der Waals surface area contributed by atoms with Crippen molar-refractivity contribution in [1.82, 2.24) is 20.8 Å². The number of rotatable bonds is 8. The summed E-state index contributed by atoms with van der Waals surface area (Å²) in [6, 6.07) is 12.5. The highest BCUT2D eigenvalue weighted by molar-refractivity contribution is 5.74. The van der Waals surface area contributed by atoms with E-state index in [-0.39, 0.29) is 25.0 Å². The van der Waals surface area contributed by atoms with Crippen LogP contribution < -0.4 is 10.6 Å². The molecule has 0 fully saturated rings. The summed E-state index contributed by atoms with van der Waals surface area (Å²) in [4.78, 5) is 22.9. The molecule has 0 spiro atoms. The Hall–Kier alpha value is -2.96. The van der Waals surface area contributed by atoms with E-state index in [2.05, 4.69) is 20.8 Å². The molecule has 1 atom stereocenters. The zero-order chi connectivity index (χ0) is 17.2. The van der Waals surface area contributed by atoms with Crippen molar-refractivity contribution in [2.24, 2.45) is 0 Å². The molecule has 0 bridgehead atoms. The van der Waals surface area contributed by atoms with Crippen molar-refractivity contribution in [3.05, 3.63) is 59.9 Å². The fraction of sp³-hybridized carbons (Fsp3) is 0.294. The van der Waals surface area contributed by atoms with Crippen molar-refractivity contribution in [3.63, 3.8) is 0 Å². The molecule has 1 heterocycles. The quantitative estimate of drug-likeness (QED) is 0.685. The third kappa shape index (κ3) is 6.43. The minimum Gasteiger partial charge on any atom is -0.481 e. The number of carbonyl (C=O) groups is 2. The summed E-state index contributed by atoms with van der Waals surface area (Å²) >= 11 is 0. The van der Waals surface area contributed by atoms with Gasteiger partial charge < -0.3 is 15.7 Å². The van der Waals surface area contributed by atoms with Crippen LogP contribution in [-0.2, 0) is 17.8 Å². The second kappa shape index (κ2) is 9.24. The first-order chi connectivity index (χ1) is 11.6. The van der Waals surface area contributed by atoms with E-state index in [0.29, 0.717) is 18.5 Å². The molecule has 24 heavy (non-hydrogen) atoms. The van der Waals surface area contributed by atoms with E-state index in [9.17, 15) is 9.59 Å². The fourth-order valence-corrected chi connectivity index (χ4v) is 2.26. The van der Waals surface area contributed by atoms with Gasteiger partial charge in [0.05, 0.1) is 12.2 Å². The summed E-state index contributed by atoms with van der Waals surface area (Å²) in [6.07, 6.45) is 2.50. The van der Waals surface area contributed by atoms with Crippen molar-refractivity contribution in [2.45, 2.75) is 31.8 Å². The average molecular weight is 328 g/mol. The fourth-order valence-electron chi connectivity index (χ4n) is 2.26. The number of carboxylic acid groups (broad SMARTS) is 1. The van der Waals surface area contributed by atoms with Gasteiger partial charge in [-0.05, 0) is 30.5 Å². The number of aliphatic carboxylic acids is 1. The lowest BCUT2D eigenvalue weighted by molar-refractivity contribution is -0.137. The highest BCUT2D eigenvalue weighted by Gasteiger charge is 2.14. The van der Waals surface area contributed by atoms with E-state index < -0.39 is 5.97 Å². The van der Waals surface area contributed by atoms with E-state index in [1.807, 2.05) is 30.3 Å². The molecule has 3 N–H and O–H groups in total. The third-order valence-electron chi connectivity index (χ3n) is 3.42. The number of benzene rings is 1. The van der Waals surface area contributed by atoms with Crippen molar-refractivity contribution >= 4 is 12.0 Å². The van der Waals surface area contributed by atoms with Gasteiger partial charge in [-0.3, -0.25) is 4.79 Å². The van der Waals surface area contributed by atoms with Gasteiger partial charge in [-0.2, -0.15) is 10.2 Å². The molecule has 0 aliphatic heterocycles. The first-order valence-corrected chi connectivity index (χ1v) is 7.70. The highest BCUT2D eigenvalue weighted by atomic mass is 16.4.